The molecule has 0 heterocycles. The molecule has 0 saturated carbocycles. The molecule has 1 unspecified atom stereocenters. The van der Waals surface area contributed by atoms with E-state index in [1.54, 1.807) is 0 Å². The Bertz CT molecular complexity index is 600. The molecule has 0 bridgehead atoms. The van der Waals surface area contributed by atoms with Crippen molar-refractivity contribution in [3.05, 3.63) is 34.9 Å². The second kappa shape index (κ2) is 7.64. The fourth-order valence-electron chi connectivity index (χ4n) is 3.98. The van der Waals surface area contributed by atoms with Crippen molar-refractivity contribution in [2.75, 3.05) is 6.61 Å². The average molecular weight is 313 g/mol. The standard InChI is InChI=1S/C20H27NO2/c1-5-23-20(22)19-17(9-14(4)8-13(2)3)11-16-7-6-15(12-21)10-18(16)19/h6-7,10,13-14,17,19H,5,8-9,11H2,1-4H3/t14?,17-,19-/m0/s1. The van der Waals surface area contributed by atoms with Gasteiger partial charge in [0.2, 0.25) is 0 Å². The van der Waals surface area contributed by atoms with Gasteiger partial charge >= 0.3 is 5.97 Å². The number of ether oxygens (including phenoxy) is 1. The third-order valence-electron chi connectivity index (χ3n) is 4.68. The van der Waals surface area contributed by atoms with Crippen LogP contribution in [0.25, 0.3) is 0 Å². The highest BCUT2D eigenvalue weighted by atomic mass is 16.5. The van der Waals surface area contributed by atoms with Gasteiger partial charge < -0.3 is 4.74 Å². The van der Waals surface area contributed by atoms with Gasteiger partial charge in [0.25, 0.3) is 0 Å². The van der Waals surface area contributed by atoms with Gasteiger partial charge in [-0.25, -0.2) is 0 Å². The summed E-state index contributed by atoms with van der Waals surface area (Å²) in [6.45, 7) is 8.99. The molecule has 0 saturated heterocycles. The molecule has 0 aliphatic heterocycles. The summed E-state index contributed by atoms with van der Waals surface area (Å²) in [7, 11) is 0. The molecule has 1 aliphatic rings. The zero-order valence-corrected chi connectivity index (χ0v) is 14.6. The molecule has 3 heteroatoms. The molecule has 0 radical (unpaired) electrons. The quantitative estimate of drug-likeness (QED) is 0.729. The van der Waals surface area contributed by atoms with Gasteiger partial charge in [0.1, 0.15) is 0 Å². The van der Waals surface area contributed by atoms with Gasteiger partial charge in [-0.1, -0.05) is 26.8 Å². The van der Waals surface area contributed by atoms with E-state index in [-0.39, 0.29) is 17.8 Å². The van der Waals surface area contributed by atoms with Crippen molar-refractivity contribution in [2.24, 2.45) is 17.8 Å². The van der Waals surface area contributed by atoms with Crippen molar-refractivity contribution in [2.45, 2.75) is 52.9 Å². The van der Waals surface area contributed by atoms with Crippen molar-refractivity contribution in [1.82, 2.24) is 0 Å². The lowest BCUT2D eigenvalue weighted by Crippen LogP contribution is -2.22. The van der Waals surface area contributed by atoms with Crippen molar-refractivity contribution in [3.8, 4) is 6.07 Å². The Balaban J connectivity index is 2.25. The summed E-state index contributed by atoms with van der Waals surface area (Å²) in [6.07, 6.45) is 3.11. The topological polar surface area (TPSA) is 50.1 Å². The first-order valence-corrected chi connectivity index (χ1v) is 8.65. The minimum atomic E-state index is -0.215. The van der Waals surface area contributed by atoms with Gasteiger partial charge in [0.05, 0.1) is 24.2 Å². The number of hydrogen-bond donors (Lipinski definition) is 0. The Morgan fingerprint density at radius 2 is 2.13 bits per heavy atom. The van der Waals surface area contributed by atoms with Crippen LogP contribution in [0.4, 0.5) is 0 Å². The number of carbonyl (C=O) groups excluding carboxylic acids is 1. The zero-order valence-electron chi connectivity index (χ0n) is 14.6. The summed E-state index contributed by atoms with van der Waals surface area (Å²) < 4.78 is 5.33. The largest absolute Gasteiger partial charge is 0.466 e. The molecule has 3 nitrogen and oxygen atoms in total. The van der Waals surface area contributed by atoms with Crippen LogP contribution in [-0.4, -0.2) is 12.6 Å². The third kappa shape index (κ3) is 4.13. The van der Waals surface area contributed by atoms with E-state index in [1.165, 1.54) is 12.0 Å². The van der Waals surface area contributed by atoms with E-state index in [0.29, 0.717) is 24.0 Å². The molecule has 1 aromatic carbocycles. The Kier molecular flexibility index (Phi) is 5.82. The molecule has 0 N–H and O–H groups in total. The minimum Gasteiger partial charge on any atom is -0.466 e. The molecule has 0 spiro atoms. The van der Waals surface area contributed by atoms with Crippen LogP contribution in [0.1, 0.15) is 63.1 Å². The first kappa shape index (κ1) is 17.5. The van der Waals surface area contributed by atoms with Crippen LogP contribution < -0.4 is 0 Å². The first-order valence-electron chi connectivity index (χ1n) is 8.65. The molecule has 0 fully saturated rings. The van der Waals surface area contributed by atoms with Crippen molar-refractivity contribution in [3.63, 3.8) is 0 Å². The zero-order chi connectivity index (χ0) is 17.0. The maximum atomic E-state index is 12.5. The van der Waals surface area contributed by atoms with E-state index in [2.05, 4.69) is 26.8 Å². The van der Waals surface area contributed by atoms with E-state index in [0.717, 1.165) is 18.4 Å². The number of benzene rings is 1. The third-order valence-corrected chi connectivity index (χ3v) is 4.68. The lowest BCUT2D eigenvalue weighted by molar-refractivity contribution is -0.146. The summed E-state index contributed by atoms with van der Waals surface area (Å²) in [5.74, 6) is 1.18. The fraction of sp³-hybridized carbons (Fsp3) is 0.600. The predicted octanol–water partition coefficient (Wildman–Crippen LogP) is 4.45. The molecular formula is C20H27NO2. The number of esters is 1. The van der Waals surface area contributed by atoms with Gasteiger partial charge in [-0.3, -0.25) is 4.79 Å². The first-order chi connectivity index (χ1) is 11.0. The highest BCUT2D eigenvalue weighted by Gasteiger charge is 2.39. The van der Waals surface area contributed by atoms with E-state index in [4.69, 9.17) is 10.00 Å². The van der Waals surface area contributed by atoms with Crippen molar-refractivity contribution >= 4 is 5.97 Å². The molecule has 2 rings (SSSR count). The Morgan fingerprint density at radius 3 is 2.74 bits per heavy atom. The number of hydrogen-bond acceptors (Lipinski definition) is 3. The molecule has 0 amide bonds. The number of nitrogens with zero attached hydrogens (tertiary/aromatic N) is 1. The Hall–Kier alpha value is -1.82. The monoisotopic (exact) mass is 313 g/mol. The molecule has 1 aromatic rings. The Labute approximate surface area is 139 Å². The summed E-state index contributed by atoms with van der Waals surface area (Å²) in [6, 6.07) is 7.91. The van der Waals surface area contributed by atoms with Gasteiger partial charge in [-0.05, 0) is 67.2 Å². The molecular weight excluding hydrogens is 286 g/mol. The van der Waals surface area contributed by atoms with Crippen molar-refractivity contribution < 1.29 is 9.53 Å². The van der Waals surface area contributed by atoms with E-state index in [9.17, 15) is 4.79 Å². The van der Waals surface area contributed by atoms with Crippen LogP contribution in [-0.2, 0) is 16.0 Å². The van der Waals surface area contributed by atoms with Crippen molar-refractivity contribution in [1.29, 1.82) is 5.26 Å². The maximum Gasteiger partial charge on any atom is 0.313 e. The normalized spacial score (nSPS) is 20.9. The lowest BCUT2D eigenvalue weighted by atomic mass is 9.82. The SMILES string of the molecule is CCOC(=O)[C@@H]1c2cc(C#N)ccc2C[C@@H]1CC(C)CC(C)C. The molecule has 0 aromatic heterocycles. The van der Waals surface area contributed by atoms with Crippen LogP contribution in [0.3, 0.4) is 0 Å². The molecule has 23 heavy (non-hydrogen) atoms. The van der Waals surface area contributed by atoms with E-state index >= 15 is 0 Å². The van der Waals surface area contributed by atoms with Gasteiger partial charge in [-0.15, -0.1) is 0 Å². The maximum absolute atomic E-state index is 12.5. The average Bonchev–Trinajstić information content (AvgIpc) is 2.83. The summed E-state index contributed by atoms with van der Waals surface area (Å²) in [5, 5.41) is 9.14. The Morgan fingerprint density at radius 1 is 1.39 bits per heavy atom. The number of carbonyl (C=O) groups is 1. The van der Waals surface area contributed by atoms with Gasteiger partial charge in [0.15, 0.2) is 0 Å². The number of rotatable bonds is 6. The second-order valence-corrected chi connectivity index (χ2v) is 7.19. The predicted molar refractivity (Wildman–Crippen MR) is 91.0 cm³/mol. The van der Waals surface area contributed by atoms with E-state index in [1.807, 2.05) is 25.1 Å². The number of fused-ring (bicyclic) bond motifs is 1. The summed E-state index contributed by atoms with van der Waals surface area (Å²) in [4.78, 5) is 12.5. The van der Waals surface area contributed by atoms with E-state index < -0.39 is 0 Å². The van der Waals surface area contributed by atoms with Gasteiger partial charge in [-0.2, -0.15) is 5.26 Å². The lowest BCUT2D eigenvalue weighted by Gasteiger charge is -2.23. The molecule has 3 atom stereocenters. The minimum absolute atomic E-state index is 0.136. The highest BCUT2D eigenvalue weighted by Crippen LogP contribution is 2.43. The van der Waals surface area contributed by atoms with Crippen LogP contribution in [0, 0.1) is 29.1 Å². The highest BCUT2D eigenvalue weighted by molar-refractivity contribution is 5.80. The van der Waals surface area contributed by atoms with Crippen LogP contribution in [0.15, 0.2) is 18.2 Å². The second-order valence-electron chi connectivity index (χ2n) is 7.19. The summed E-state index contributed by atoms with van der Waals surface area (Å²) in [5.41, 5.74) is 2.82. The van der Waals surface area contributed by atoms with Crippen LogP contribution >= 0.6 is 0 Å². The molecule has 1 aliphatic carbocycles. The smallest absolute Gasteiger partial charge is 0.313 e. The van der Waals surface area contributed by atoms with Crippen LogP contribution in [0.5, 0.6) is 0 Å². The fourth-order valence-corrected chi connectivity index (χ4v) is 3.98. The summed E-state index contributed by atoms with van der Waals surface area (Å²) >= 11 is 0. The molecule has 124 valence electrons. The van der Waals surface area contributed by atoms with Crippen LogP contribution in [0.2, 0.25) is 0 Å². The number of nitriles is 1. The van der Waals surface area contributed by atoms with Gasteiger partial charge in [0, 0.05) is 0 Å².